The summed E-state index contributed by atoms with van der Waals surface area (Å²) in [5, 5.41) is 7.11. The van der Waals surface area contributed by atoms with Crippen LogP contribution in [0.2, 0.25) is 0 Å². The van der Waals surface area contributed by atoms with Gasteiger partial charge >= 0.3 is 0 Å². The van der Waals surface area contributed by atoms with E-state index in [1.807, 2.05) is 0 Å². The maximum atomic E-state index is 5.49. The van der Waals surface area contributed by atoms with Crippen molar-refractivity contribution in [3.63, 3.8) is 0 Å². The molecule has 0 saturated carbocycles. The summed E-state index contributed by atoms with van der Waals surface area (Å²) in [6, 6.07) is 17.9. The van der Waals surface area contributed by atoms with Crippen molar-refractivity contribution >= 4 is 35.6 Å². The number of anilines is 1. The Morgan fingerprint density at radius 1 is 1.03 bits per heavy atom. The zero-order chi connectivity index (χ0) is 22.2. The first kappa shape index (κ1) is 25.8. The molecule has 2 heterocycles. The summed E-state index contributed by atoms with van der Waals surface area (Å²) in [6.07, 6.45) is 1.12. The molecule has 180 valence electrons. The van der Waals surface area contributed by atoms with Gasteiger partial charge in [0.2, 0.25) is 0 Å². The molecule has 1 unspecified atom stereocenters. The zero-order valence-electron chi connectivity index (χ0n) is 19.9. The van der Waals surface area contributed by atoms with Gasteiger partial charge in [0.1, 0.15) is 0 Å². The van der Waals surface area contributed by atoms with E-state index < -0.39 is 0 Å². The highest BCUT2D eigenvalue weighted by molar-refractivity contribution is 14.0. The van der Waals surface area contributed by atoms with Crippen molar-refractivity contribution in [2.45, 2.75) is 39.4 Å². The Hall–Kier alpha value is -1.84. The third-order valence-corrected chi connectivity index (χ3v) is 6.30. The first-order chi connectivity index (χ1) is 15.7. The molecule has 4 rings (SSSR count). The van der Waals surface area contributed by atoms with E-state index in [2.05, 4.69) is 82.8 Å². The normalized spacial score (nSPS) is 19.3. The number of ether oxygens (including phenoxy) is 1. The summed E-state index contributed by atoms with van der Waals surface area (Å²) >= 11 is 0. The monoisotopic (exact) mass is 563 g/mol. The Morgan fingerprint density at radius 3 is 2.48 bits per heavy atom. The minimum Gasteiger partial charge on any atom is -0.379 e. The van der Waals surface area contributed by atoms with Crippen molar-refractivity contribution in [1.82, 2.24) is 15.5 Å². The maximum Gasteiger partial charge on any atom is 0.191 e. The molecular weight excluding hydrogens is 525 g/mol. The molecular formula is C26H38IN5O. The number of benzene rings is 2. The third kappa shape index (κ3) is 7.58. The first-order valence-electron chi connectivity index (χ1n) is 11.9. The molecule has 2 aliphatic heterocycles. The van der Waals surface area contributed by atoms with Gasteiger partial charge in [0.15, 0.2) is 5.96 Å². The van der Waals surface area contributed by atoms with E-state index in [0.29, 0.717) is 12.6 Å². The van der Waals surface area contributed by atoms with Crippen molar-refractivity contribution in [3.8, 4) is 0 Å². The Balaban J connectivity index is 0.00000306. The Kier molecular flexibility index (Phi) is 10.3. The molecule has 0 bridgehead atoms. The molecule has 7 heteroatoms. The fraction of sp³-hybridized carbons (Fsp3) is 0.500. The lowest BCUT2D eigenvalue weighted by Crippen LogP contribution is -2.44. The van der Waals surface area contributed by atoms with Gasteiger partial charge in [-0.15, -0.1) is 24.0 Å². The molecule has 0 radical (unpaired) electrons. The predicted molar refractivity (Wildman–Crippen MR) is 148 cm³/mol. The molecule has 2 N–H and O–H groups in total. The van der Waals surface area contributed by atoms with Crippen LogP contribution < -0.4 is 15.5 Å². The summed E-state index contributed by atoms with van der Waals surface area (Å²) in [6.45, 7) is 12.5. The van der Waals surface area contributed by atoms with Crippen molar-refractivity contribution in [3.05, 3.63) is 65.2 Å². The maximum absolute atomic E-state index is 5.49. The van der Waals surface area contributed by atoms with E-state index in [-0.39, 0.29) is 24.0 Å². The van der Waals surface area contributed by atoms with Crippen LogP contribution in [-0.2, 0) is 17.8 Å². The number of nitrogens with zero attached hydrogens (tertiary/aromatic N) is 3. The number of aliphatic imine (C=N–C) groups is 1. The van der Waals surface area contributed by atoms with Gasteiger partial charge < -0.3 is 20.3 Å². The van der Waals surface area contributed by atoms with E-state index in [1.165, 1.54) is 22.4 Å². The molecule has 6 nitrogen and oxygen atoms in total. The van der Waals surface area contributed by atoms with E-state index in [1.54, 1.807) is 0 Å². The van der Waals surface area contributed by atoms with Crippen LogP contribution in [0.3, 0.4) is 0 Å². The van der Waals surface area contributed by atoms with Crippen LogP contribution in [0.15, 0.2) is 53.5 Å². The molecule has 2 aliphatic rings. The van der Waals surface area contributed by atoms with Gasteiger partial charge in [0.25, 0.3) is 0 Å². The van der Waals surface area contributed by atoms with Crippen molar-refractivity contribution in [2.24, 2.45) is 4.99 Å². The van der Waals surface area contributed by atoms with Gasteiger partial charge in [-0.25, -0.2) is 4.99 Å². The first-order valence-corrected chi connectivity index (χ1v) is 11.9. The number of aryl methyl sites for hydroxylation is 1. The zero-order valence-corrected chi connectivity index (χ0v) is 22.3. The van der Waals surface area contributed by atoms with Crippen LogP contribution in [0, 0.1) is 6.92 Å². The van der Waals surface area contributed by atoms with Crippen LogP contribution in [0.5, 0.6) is 0 Å². The third-order valence-electron chi connectivity index (χ3n) is 6.30. The quantitative estimate of drug-likeness (QED) is 0.305. The van der Waals surface area contributed by atoms with Gasteiger partial charge in [-0.1, -0.05) is 42.0 Å². The minimum atomic E-state index is 0. The van der Waals surface area contributed by atoms with Crippen LogP contribution in [-0.4, -0.2) is 62.8 Å². The molecule has 0 spiro atoms. The van der Waals surface area contributed by atoms with Crippen LogP contribution in [0.1, 0.15) is 30.0 Å². The number of guanidine groups is 1. The molecule has 2 saturated heterocycles. The highest BCUT2D eigenvalue weighted by Crippen LogP contribution is 2.21. The fourth-order valence-electron chi connectivity index (χ4n) is 4.41. The van der Waals surface area contributed by atoms with E-state index in [0.717, 1.165) is 64.9 Å². The highest BCUT2D eigenvalue weighted by atomic mass is 127. The average molecular weight is 564 g/mol. The summed E-state index contributed by atoms with van der Waals surface area (Å²) in [4.78, 5) is 9.87. The fourth-order valence-corrected chi connectivity index (χ4v) is 4.41. The summed E-state index contributed by atoms with van der Waals surface area (Å²) in [7, 11) is 0. The number of morpholine rings is 1. The van der Waals surface area contributed by atoms with Gasteiger partial charge in [0, 0.05) is 51.0 Å². The molecule has 0 aromatic heterocycles. The second kappa shape index (κ2) is 13.2. The highest BCUT2D eigenvalue weighted by Gasteiger charge is 2.23. The predicted octanol–water partition coefficient (Wildman–Crippen LogP) is 3.78. The lowest BCUT2D eigenvalue weighted by atomic mass is 10.1. The lowest BCUT2D eigenvalue weighted by Gasteiger charge is -2.27. The van der Waals surface area contributed by atoms with Crippen LogP contribution >= 0.6 is 24.0 Å². The molecule has 33 heavy (non-hydrogen) atoms. The van der Waals surface area contributed by atoms with Crippen molar-refractivity contribution < 1.29 is 4.74 Å². The molecule has 2 fully saturated rings. The smallest absolute Gasteiger partial charge is 0.191 e. The van der Waals surface area contributed by atoms with E-state index in [4.69, 9.17) is 9.73 Å². The number of halogens is 1. The van der Waals surface area contributed by atoms with Crippen molar-refractivity contribution in [1.29, 1.82) is 0 Å². The number of nitrogens with one attached hydrogen (secondary N) is 2. The molecule has 0 aliphatic carbocycles. The van der Waals surface area contributed by atoms with Gasteiger partial charge in [-0.3, -0.25) is 4.90 Å². The molecule has 1 atom stereocenters. The molecule has 0 amide bonds. The average Bonchev–Trinajstić information content (AvgIpc) is 3.28. The SMILES string of the molecule is CCNC(=NCc1ccccc1CN1CCOCC1)NC1CCN(c2ccc(C)cc2)C1.I. The number of hydrogen-bond donors (Lipinski definition) is 2. The number of rotatable bonds is 7. The van der Waals surface area contributed by atoms with Gasteiger partial charge in [-0.2, -0.15) is 0 Å². The van der Waals surface area contributed by atoms with Crippen LogP contribution in [0.4, 0.5) is 5.69 Å². The summed E-state index contributed by atoms with van der Waals surface area (Å²) in [5.74, 6) is 0.907. The van der Waals surface area contributed by atoms with Crippen LogP contribution in [0.25, 0.3) is 0 Å². The second-order valence-electron chi connectivity index (χ2n) is 8.76. The summed E-state index contributed by atoms with van der Waals surface area (Å²) < 4.78 is 5.49. The van der Waals surface area contributed by atoms with E-state index >= 15 is 0 Å². The largest absolute Gasteiger partial charge is 0.379 e. The topological polar surface area (TPSA) is 52.1 Å². The Labute approximate surface area is 215 Å². The standard InChI is InChI=1S/C26H37N5O.HI/c1-3-27-26(29-24-12-13-31(20-24)25-10-8-21(2)9-11-25)28-18-22-6-4-5-7-23(22)19-30-14-16-32-17-15-30;/h4-11,24H,3,12-20H2,1-2H3,(H2,27,28,29);1H. The lowest BCUT2D eigenvalue weighted by molar-refractivity contribution is 0.0341. The molecule has 2 aromatic carbocycles. The molecule has 2 aromatic rings. The number of hydrogen-bond acceptors (Lipinski definition) is 4. The van der Waals surface area contributed by atoms with E-state index in [9.17, 15) is 0 Å². The Morgan fingerprint density at radius 2 is 1.76 bits per heavy atom. The second-order valence-corrected chi connectivity index (χ2v) is 8.76. The van der Waals surface area contributed by atoms with Crippen molar-refractivity contribution in [2.75, 3.05) is 50.8 Å². The van der Waals surface area contributed by atoms with Gasteiger partial charge in [0.05, 0.1) is 19.8 Å². The Bertz CT molecular complexity index is 883. The summed E-state index contributed by atoms with van der Waals surface area (Å²) in [5.41, 5.74) is 5.27. The van der Waals surface area contributed by atoms with Gasteiger partial charge in [-0.05, 0) is 43.5 Å². The minimum absolute atomic E-state index is 0.